The third-order valence-electron chi connectivity index (χ3n) is 5.42. The second-order valence-corrected chi connectivity index (χ2v) is 7.67. The fourth-order valence-electron chi connectivity index (χ4n) is 3.95. The number of benzene rings is 1. The van der Waals surface area contributed by atoms with Crippen molar-refractivity contribution in [3.63, 3.8) is 0 Å². The Morgan fingerprint density at radius 1 is 1.17 bits per heavy atom. The monoisotopic (exact) mass is 408 g/mol. The fraction of sp³-hybridized carbons (Fsp3) is 0.364. The highest BCUT2D eigenvalue weighted by molar-refractivity contribution is 5.93. The molecule has 3 aromatic rings. The smallest absolute Gasteiger partial charge is 0.274 e. The summed E-state index contributed by atoms with van der Waals surface area (Å²) in [7, 11) is 0. The maximum atomic E-state index is 13.0. The van der Waals surface area contributed by atoms with Gasteiger partial charge in [0.1, 0.15) is 24.7 Å². The number of nitrogens with zero attached hydrogens (tertiary/aromatic N) is 2. The molecule has 1 fully saturated rings. The van der Waals surface area contributed by atoms with Crippen LogP contribution in [0.5, 0.6) is 11.5 Å². The predicted molar refractivity (Wildman–Crippen MR) is 111 cm³/mol. The van der Waals surface area contributed by atoms with Gasteiger partial charge in [0.15, 0.2) is 23.0 Å². The Morgan fingerprint density at radius 3 is 2.87 bits per heavy atom. The van der Waals surface area contributed by atoms with E-state index in [9.17, 15) is 4.79 Å². The highest BCUT2D eigenvalue weighted by Crippen LogP contribution is 2.33. The van der Waals surface area contributed by atoms with Crippen molar-refractivity contribution in [3.8, 4) is 23.0 Å². The Morgan fingerprint density at radius 2 is 2.03 bits per heavy atom. The number of ether oxygens (including phenoxy) is 2. The maximum absolute atomic E-state index is 13.0. The van der Waals surface area contributed by atoms with Gasteiger partial charge in [0.25, 0.3) is 5.91 Å². The number of anilines is 1. The lowest BCUT2D eigenvalue weighted by Gasteiger charge is -2.33. The van der Waals surface area contributed by atoms with Crippen molar-refractivity contribution in [1.29, 1.82) is 0 Å². The Labute approximate surface area is 174 Å². The van der Waals surface area contributed by atoms with Crippen LogP contribution >= 0.6 is 0 Å². The summed E-state index contributed by atoms with van der Waals surface area (Å²) < 4.78 is 16.8. The van der Waals surface area contributed by atoms with Crippen LogP contribution in [0.1, 0.15) is 29.1 Å². The number of likely N-dealkylation sites (tertiary alicyclic amines) is 1. The first-order valence-corrected chi connectivity index (χ1v) is 10.2. The number of amides is 1. The van der Waals surface area contributed by atoms with Gasteiger partial charge < -0.3 is 24.1 Å². The van der Waals surface area contributed by atoms with Gasteiger partial charge in [-0.3, -0.25) is 9.89 Å². The molecule has 0 aliphatic carbocycles. The van der Waals surface area contributed by atoms with E-state index in [4.69, 9.17) is 13.9 Å². The number of furan rings is 1. The summed E-state index contributed by atoms with van der Waals surface area (Å²) in [4.78, 5) is 14.8. The predicted octanol–water partition coefficient (Wildman–Crippen LogP) is 3.47. The number of rotatable bonds is 4. The number of aromatic amines is 1. The van der Waals surface area contributed by atoms with Crippen molar-refractivity contribution in [2.24, 2.45) is 0 Å². The van der Waals surface area contributed by atoms with Crippen molar-refractivity contribution < 1.29 is 18.7 Å². The van der Waals surface area contributed by atoms with E-state index in [0.29, 0.717) is 36.9 Å². The molecular weight excluding hydrogens is 384 g/mol. The molecule has 2 aliphatic heterocycles. The third-order valence-corrected chi connectivity index (χ3v) is 5.42. The second-order valence-electron chi connectivity index (χ2n) is 7.67. The lowest BCUT2D eigenvalue weighted by atomic mass is 10.0. The summed E-state index contributed by atoms with van der Waals surface area (Å²) in [5.74, 6) is 2.95. The largest absolute Gasteiger partial charge is 0.486 e. The standard InChI is InChI=1S/C22H24N4O4/c1-14-4-6-19(30-14)17-12-18(25-24-17)22(27)26-8-2-3-16(13-26)23-15-5-7-20-21(11-15)29-10-9-28-20/h4-7,11-12,16,23H,2-3,8-10,13H2,1H3,(H,24,25). The van der Waals surface area contributed by atoms with E-state index in [2.05, 4.69) is 15.5 Å². The molecule has 1 aromatic carbocycles. The minimum absolute atomic E-state index is 0.0746. The van der Waals surface area contributed by atoms with Crippen LogP contribution in [0.4, 0.5) is 5.69 Å². The maximum Gasteiger partial charge on any atom is 0.274 e. The number of carbonyl (C=O) groups is 1. The van der Waals surface area contributed by atoms with Gasteiger partial charge in [-0.1, -0.05) is 0 Å². The molecule has 5 rings (SSSR count). The van der Waals surface area contributed by atoms with Crippen molar-refractivity contribution >= 4 is 11.6 Å². The molecule has 1 saturated heterocycles. The van der Waals surface area contributed by atoms with Gasteiger partial charge in [0.2, 0.25) is 0 Å². The minimum Gasteiger partial charge on any atom is -0.486 e. The first kappa shape index (κ1) is 18.6. The number of piperidine rings is 1. The van der Waals surface area contributed by atoms with E-state index in [0.717, 1.165) is 42.3 Å². The van der Waals surface area contributed by atoms with Crippen LogP contribution in [-0.2, 0) is 0 Å². The van der Waals surface area contributed by atoms with E-state index in [-0.39, 0.29) is 11.9 Å². The van der Waals surface area contributed by atoms with Gasteiger partial charge in [0, 0.05) is 37.0 Å². The second kappa shape index (κ2) is 7.78. The fourth-order valence-corrected chi connectivity index (χ4v) is 3.95. The zero-order valence-corrected chi connectivity index (χ0v) is 16.8. The molecule has 2 aromatic heterocycles. The van der Waals surface area contributed by atoms with Crippen molar-refractivity contribution in [2.45, 2.75) is 25.8 Å². The quantitative estimate of drug-likeness (QED) is 0.687. The third kappa shape index (κ3) is 3.72. The van der Waals surface area contributed by atoms with Gasteiger partial charge in [-0.15, -0.1) is 0 Å². The van der Waals surface area contributed by atoms with Gasteiger partial charge in [0.05, 0.1) is 0 Å². The lowest BCUT2D eigenvalue weighted by molar-refractivity contribution is 0.0709. The Balaban J connectivity index is 1.25. The number of aryl methyl sites for hydroxylation is 1. The molecule has 156 valence electrons. The van der Waals surface area contributed by atoms with Crippen LogP contribution in [0, 0.1) is 6.92 Å². The number of hydrogen-bond donors (Lipinski definition) is 2. The Hall–Kier alpha value is -3.42. The summed E-state index contributed by atoms with van der Waals surface area (Å²) in [6.07, 6.45) is 1.93. The van der Waals surface area contributed by atoms with E-state index >= 15 is 0 Å². The topological polar surface area (TPSA) is 92.6 Å². The zero-order chi connectivity index (χ0) is 20.5. The van der Waals surface area contributed by atoms with E-state index in [1.807, 2.05) is 42.2 Å². The van der Waals surface area contributed by atoms with Crippen LogP contribution in [0.3, 0.4) is 0 Å². The Kier molecular flexibility index (Phi) is 4.82. The molecule has 8 heteroatoms. The molecule has 30 heavy (non-hydrogen) atoms. The van der Waals surface area contributed by atoms with Crippen LogP contribution in [0.15, 0.2) is 40.8 Å². The highest BCUT2D eigenvalue weighted by Gasteiger charge is 2.26. The number of hydrogen-bond acceptors (Lipinski definition) is 6. The normalized spacial score (nSPS) is 18.3. The summed E-state index contributed by atoms with van der Waals surface area (Å²) in [6, 6.07) is 11.5. The van der Waals surface area contributed by atoms with Crippen molar-refractivity contribution in [3.05, 3.63) is 47.9 Å². The SMILES string of the molecule is Cc1ccc(-c2cc(C(=O)N3CCCC(Nc4ccc5c(c4)OCCO5)C3)n[nH]2)o1. The average Bonchev–Trinajstić information content (AvgIpc) is 3.42. The molecule has 1 atom stereocenters. The molecule has 0 bridgehead atoms. The van der Waals surface area contributed by atoms with Crippen molar-refractivity contribution in [2.75, 3.05) is 31.6 Å². The summed E-state index contributed by atoms with van der Waals surface area (Å²) in [6.45, 7) is 4.36. The zero-order valence-electron chi connectivity index (χ0n) is 16.8. The van der Waals surface area contributed by atoms with Crippen LogP contribution in [0.2, 0.25) is 0 Å². The first-order valence-electron chi connectivity index (χ1n) is 10.2. The van der Waals surface area contributed by atoms with Crippen LogP contribution < -0.4 is 14.8 Å². The number of aromatic nitrogens is 2. The molecule has 4 heterocycles. The summed E-state index contributed by atoms with van der Waals surface area (Å²) in [5.41, 5.74) is 2.07. The summed E-state index contributed by atoms with van der Waals surface area (Å²) in [5, 5.41) is 10.6. The molecular formula is C22H24N4O4. The molecule has 1 amide bonds. The van der Waals surface area contributed by atoms with Crippen molar-refractivity contribution in [1.82, 2.24) is 15.1 Å². The van der Waals surface area contributed by atoms with Gasteiger partial charge in [-0.05, 0) is 44.0 Å². The lowest BCUT2D eigenvalue weighted by Crippen LogP contribution is -2.45. The molecule has 2 aliphatic rings. The van der Waals surface area contributed by atoms with E-state index in [1.54, 1.807) is 6.07 Å². The van der Waals surface area contributed by atoms with Gasteiger partial charge in [-0.25, -0.2) is 0 Å². The molecule has 0 spiro atoms. The van der Waals surface area contributed by atoms with E-state index < -0.39 is 0 Å². The molecule has 8 nitrogen and oxygen atoms in total. The molecule has 0 saturated carbocycles. The number of H-pyrrole nitrogens is 1. The molecule has 1 unspecified atom stereocenters. The van der Waals surface area contributed by atoms with Gasteiger partial charge in [-0.2, -0.15) is 5.10 Å². The number of fused-ring (bicyclic) bond motifs is 1. The summed E-state index contributed by atoms with van der Waals surface area (Å²) >= 11 is 0. The highest BCUT2D eigenvalue weighted by atomic mass is 16.6. The molecule has 2 N–H and O–H groups in total. The number of nitrogens with one attached hydrogen (secondary N) is 2. The Bertz CT molecular complexity index is 1060. The van der Waals surface area contributed by atoms with Gasteiger partial charge >= 0.3 is 0 Å². The average molecular weight is 408 g/mol. The minimum atomic E-state index is -0.0746. The number of carbonyl (C=O) groups excluding carboxylic acids is 1. The van der Waals surface area contributed by atoms with Crippen LogP contribution in [-0.4, -0.2) is 53.3 Å². The van der Waals surface area contributed by atoms with Crippen LogP contribution in [0.25, 0.3) is 11.5 Å². The first-order chi connectivity index (χ1) is 14.7. The van der Waals surface area contributed by atoms with E-state index in [1.165, 1.54) is 0 Å². The molecule has 0 radical (unpaired) electrons.